The average Bonchev–Trinajstić information content (AvgIpc) is 2.81. The molecular formula is C13H21N3O2. The summed E-state index contributed by atoms with van der Waals surface area (Å²) in [5.74, 6) is -0.189. The van der Waals surface area contributed by atoms with Gasteiger partial charge in [0.05, 0.1) is 18.1 Å². The molecule has 5 heteroatoms. The molecule has 1 aliphatic carbocycles. The standard InChI is InChI=1S/C13H21N3O2/c1-12(2)5-4-6-13(12,18)8-15-11(17)10-7-14-9-16(10)3/h7,9,18H,4-6,8H2,1-3H3,(H,15,17). The van der Waals surface area contributed by atoms with Crippen LogP contribution >= 0.6 is 0 Å². The zero-order valence-corrected chi connectivity index (χ0v) is 11.2. The Morgan fingerprint density at radius 1 is 1.56 bits per heavy atom. The van der Waals surface area contributed by atoms with Crippen molar-refractivity contribution >= 4 is 5.91 Å². The number of carbonyl (C=O) groups excluding carboxylic acids is 1. The van der Waals surface area contributed by atoms with Crippen molar-refractivity contribution in [1.82, 2.24) is 14.9 Å². The van der Waals surface area contributed by atoms with E-state index in [4.69, 9.17) is 0 Å². The van der Waals surface area contributed by atoms with Crippen molar-refractivity contribution < 1.29 is 9.90 Å². The van der Waals surface area contributed by atoms with Crippen molar-refractivity contribution in [3.8, 4) is 0 Å². The summed E-state index contributed by atoms with van der Waals surface area (Å²) in [5, 5.41) is 13.4. The Labute approximate surface area is 107 Å². The lowest BCUT2D eigenvalue weighted by atomic mass is 9.78. The fourth-order valence-corrected chi connectivity index (χ4v) is 2.61. The number of aliphatic hydroxyl groups is 1. The van der Waals surface area contributed by atoms with Gasteiger partial charge in [-0.2, -0.15) is 0 Å². The molecule has 1 saturated carbocycles. The fraction of sp³-hybridized carbons (Fsp3) is 0.692. The number of nitrogens with one attached hydrogen (secondary N) is 1. The number of hydrogen-bond acceptors (Lipinski definition) is 3. The highest BCUT2D eigenvalue weighted by atomic mass is 16.3. The van der Waals surface area contributed by atoms with E-state index in [1.807, 2.05) is 0 Å². The quantitative estimate of drug-likeness (QED) is 0.845. The zero-order chi connectivity index (χ0) is 13.4. The average molecular weight is 251 g/mol. The largest absolute Gasteiger partial charge is 0.387 e. The van der Waals surface area contributed by atoms with Crippen LogP contribution in [0.5, 0.6) is 0 Å². The van der Waals surface area contributed by atoms with E-state index in [9.17, 15) is 9.90 Å². The van der Waals surface area contributed by atoms with Crippen molar-refractivity contribution in [2.75, 3.05) is 6.54 Å². The second-order valence-electron chi connectivity index (χ2n) is 5.84. The first-order valence-electron chi connectivity index (χ1n) is 6.33. The van der Waals surface area contributed by atoms with Gasteiger partial charge >= 0.3 is 0 Å². The van der Waals surface area contributed by atoms with Crippen LogP contribution in [0.25, 0.3) is 0 Å². The van der Waals surface area contributed by atoms with Gasteiger partial charge in [0.15, 0.2) is 0 Å². The Morgan fingerprint density at radius 2 is 2.28 bits per heavy atom. The summed E-state index contributed by atoms with van der Waals surface area (Å²) >= 11 is 0. The normalized spacial score (nSPS) is 26.2. The van der Waals surface area contributed by atoms with Crippen LogP contribution in [-0.4, -0.2) is 32.7 Å². The first kappa shape index (κ1) is 13.1. The third kappa shape index (κ3) is 2.14. The fourth-order valence-electron chi connectivity index (χ4n) is 2.61. The molecule has 100 valence electrons. The molecule has 1 aromatic rings. The van der Waals surface area contributed by atoms with Crippen LogP contribution in [0.4, 0.5) is 0 Å². The maximum absolute atomic E-state index is 12.0. The molecule has 1 unspecified atom stereocenters. The Balaban J connectivity index is 2.00. The number of amides is 1. The minimum atomic E-state index is -0.804. The number of imidazole rings is 1. The third-order valence-corrected chi connectivity index (χ3v) is 4.24. The highest BCUT2D eigenvalue weighted by Gasteiger charge is 2.47. The van der Waals surface area contributed by atoms with Gasteiger partial charge in [-0.15, -0.1) is 0 Å². The molecule has 1 amide bonds. The summed E-state index contributed by atoms with van der Waals surface area (Å²) in [7, 11) is 1.77. The van der Waals surface area contributed by atoms with Crippen LogP contribution in [0.2, 0.25) is 0 Å². The minimum Gasteiger partial charge on any atom is -0.387 e. The molecule has 2 N–H and O–H groups in total. The van der Waals surface area contributed by atoms with E-state index in [1.165, 1.54) is 6.20 Å². The number of hydrogen-bond donors (Lipinski definition) is 2. The van der Waals surface area contributed by atoms with Gasteiger partial charge in [0.2, 0.25) is 0 Å². The number of rotatable bonds is 3. The molecular weight excluding hydrogens is 230 g/mol. The van der Waals surface area contributed by atoms with Crippen LogP contribution in [0.15, 0.2) is 12.5 Å². The predicted octanol–water partition coefficient (Wildman–Crippen LogP) is 1.09. The zero-order valence-electron chi connectivity index (χ0n) is 11.2. The monoisotopic (exact) mass is 251 g/mol. The molecule has 5 nitrogen and oxygen atoms in total. The summed E-state index contributed by atoms with van der Waals surface area (Å²) in [6.45, 7) is 4.40. The number of nitrogens with zero attached hydrogens (tertiary/aromatic N) is 2. The molecule has 1 aliphatic rings. The summed E-state index contributed by atoms with van der Waals surface area (Å²) in [5.41, 5.74) is -0.442. The van der Waals surface area contributed by atoms with Crippen molar-refractivity contribution in [3.05, 3.63) is 18.2 Å². The Hall–Kier alpha value is -1.36. The summed E-state index contributed by atoms with van der Waals surface area (Å²) in [6, 6.07) is 0. The maximum Gasteiger partial charge on any atom is 0.269 e. The molecule has 0 saturated heterocycles. The van der Waals surface area contributed by atoms with E-state index < -0.39 is 5.60 Å². The lowest BCUT2D eigenvalue weighted by Crippen LogP contribution is -2.49. The molecule has 0 bridgehead atoms. The molecule has 2 rings (SSSR count). The molecule has 0 aliphatic heterocycles. The van der Waals surface area contributed by atoms with Gasteiger partial charge in [0.25, 0.3) is 5.91 Å². The Kier molecular flexibility index (Phi) is 3.19. The Bertz CT molecular complexity index is 453. The van der Waals surface area contributed by atoms with E-state index in [-0.39, 0.29) is 11.3 Å². The van der Waals surface area contributed by atoms with Gasteiger partial charge in [-0.3, -0.25) is 4.79 Å². The molecule has 0 aromatic carbocycles. The smallest absolute Gasteiger partial charge is 0.269 e. The highest BCUT2D eigenvalue weighted by Crippen LogP contribution is 2.45. The maximum atomic E-state index is 12.0. The number of aromatic nitrogens is 2. The van der Waals surface area contributed by atoms with E-state index in [2.05, 4.69) is 24.1 Å². The molecule has 18 heavy (non-hydrogen) atoms. The summed E-state index contributed by atoms with van der Waals surface area (Å²) in [6.07, 6.45) is 5.85. The van der Waals surface area contributed by atoms with Crippen molar-refractivity contribution in [2.45, 2.75) is 38.7 Å². The highest BCUT2D eigenvalue weighted by molar-refractivity contribution is 5.92. The van der Waals surface area contributed by atoms with Crippen molar-refractivity contribution in [2.24, 2.45) is 12.5 Å². The van der Waals surface area contributed by atoms with Crippen molar-refractivity contribution in [3.63, 3.8) is 0 Å². The van der Waals surface area contributed by atoms with Gasteiger partial charge < -0.3 is 15.0 Å². The van der Waals surface area contributed by atoms with E-state index in [1.54, 1.807) is 17.9 Å². The van der Waals surface area contributed by atoms with E-state index in [0.717, 1.165) is 19.3 Å². The first-order chi connectivity index (χ1) is 8.36. The molecule has 1 atom stereocenters. The lowest BCUT2D eigenvalue weighted by Gasteiger charge is -2.36. The molecule has 0 spiro atoms. The molecule has 0 radical (unpaired) electrons. The number of aryl methyl sites for hydroxylation is 1. The van der Waals surface area contributed by atoms with Crippen LogP contribution in [0.3, 0.4) is 0 Å². The molecule has 1 fully saturated rings. The van der Waals surface area contributed by atoms with E-state index >= 15 is 0 Å². The molecule has 1 aromatic heterocycles. The molecule has 1 heterocycles. The van der Waals surface area contributed by atoms with Gasteiger partial charge in [-0.25, -0.2) is 4.98 Å². The second-order valence-corrected chi connectivity index (χ2v) is 5.84. The first-order valence-corrected chi connectivity index (χ1v) is 6.33. The van der Waals surface area contributed by atoms with Crippen LogP contribution in [0.1, 0.15) is 43.6 Å². The van der Waals surface area contributed by atoms with Crippen LogP contribution in [-0.2, 0) is 7.05 Å². The Morgan fingerprint density at radius 3 is 2.78 bits per heavy atom. The van der Waals surface area contributed by atoms with Crippen molar-refractivity contribution in [1.29, 1.82) is 0 Å². The van der Waals surface area contributed by atoms with Gasteiger partial charge in [0, 0.05) is 13.6 Å². The lowest BCUT2D eigenvalue weighted by molar-refractivity contribution is -0.0394. The minimum absolute atomic E-state index is 0.146. The van der Waals surface area contributed by atoms with Gasteiger partial charge in [-0.1, -0.05) is 13.8 Å². The van der Waals surface area contributed by atoms with Gasteiger partial charge in [-0.05, 0) is 24.7 Å². The topological polar surface area (TPSA) is 67.2 Å². The summed E-state index contributed by atoms with van der Waals surface area (Å²) in [4.78, 5) is 15.9. The third-order valence-electron chi connectivity index (χ3n) is 4.24. The number of carbonyl (C=O) groups is 1. The van der Waals surface area contributed by atoms with E-state index in [0.29, 0.717) is 12.2 Å². The predicted molar refractivity (Wildman–Crippen MR) is 68.1 cm³/mol. The van der Waals surface area contributed by atoms with Gasteiger partial charge in [0.1, 0.15) is 5.69 Å². The van der Waals surface area contributed by atoms with Crippen LogP contribution < -0.4 is 5.32 Å². The summed E-state index contributed by atoms with van der Waals surface area (Å²) < 4.78 is 1.67. The van der Waals surface area contributed by atoms with Crippen LogP contribution in [0, 0.1) is 5.41 Å². The SMILES string of the molecule is Cn1cncc1C(=O)NCC1(O)CCCC1(C)C. The second kappa shape index (κ2) is 4.39.